The Bertz CT molecular complexity index is 556. The zero-order chi connectivity index (χ0) is 25.6. The van der Waals surface area contributed by atoms with Gasteiger partial charge in [-0.25, -0.2) is 14.4 Å². The van der Waals surface area contributed by atoms with Crippen molar-refractivity contribution in [3.63, 3.8) is 0 Å². The highest BCUT2D eigenvalue weighted by atomic mass is 16.7. The van der Waals surface area contributed by atoms with Gasteiger partial charge in [0.2, 0.25) is 0 Å². The smallest absolute Gasteiger partial charge is 0.450 e. The average molecular weight is 493 g/mol. The van der Waals surface area contributed by atoms with Crippen molar-refractivity contribution < 1.29 is 33.7 Å². The van der Waals surface area contributed by atoms with Gasteiger partial charge in [0, 0.05) is 6.04 Å². The van der Waals surface area contributed by atoms with Gasteiger partial charge in [0.05, 0.1) is 12.1 Å². The van der Waals surface area contributed by atoms with Gasteiger partial charge in [0.25, 0.3) is 0 Å². The van der Waals surface area contributed by atoms with Crippen LogP contribution in [0.4, 0.5) is 14.4 Å². The molecule has 3 atom stereocenters. The van der Waals surface area contributed by atoms with Crippen molar-refractivity contribution >= 4 is 18.3 Å². The number of carbonyl (C=O) groups is 3. The molecule has 0 saturated heterocycles. The molecular weight excluding hydrogens is 448 g/mol. The number of unbranched alkanes of at least 4 members (excludes halogenated alkanes) is 3. The lowest BCUT2D eigenvalue weighted by Gasteiger charge is -2.21. The highest BCUT2D eigenvalue weighted by Gasteiger charge is 2.19. The van der Waals surface area contributed by atoms with Crippen LogP contribution in [0.2, 0.25) is 0 Å². The molecule has 0 heterocycles. The van der Waals surface area contributed by atoms with Crippen LogP contribution in [0.3, 0.4) is 0 Å². The molecular formula is C21H44N6O7. The van der Waals surface area contributed by atoms with Crippen LogP contribution in [-0.2, 0) is 14.2 Å². The Morgan fingerprint density at radius 1 is 0.647 bits per heavy atom. The number of nitrogens with two attached hydrogens (primary N) is 4. The van der Waals surface area contributed by atoms with Gasteiger partial charge < -0.3 is 52.9 Å². The summed E-state index contributed by atoms with van der Waals surface area (Å²) in [4.78, 5) is 35.1. The molecule has 0 bridgehead atoms. The van der Waals surface area contributed by atoms with Crippen LogP contribution in [0, 0.1) is 0 Å². The van der Waals surface area contributed by atoms with Gasteiger partial charge in [-0.3, -0.25) is 0 Å². The first kappa shape index (κ1) is 31.6. The monoisotopic (exact) mass is 492 g/mol. The van der Waals surface area contributed by atoms with E-state index in [2.05, 4.69) is 15.4 Å². The summed E-state index contributed by atoms with van der Waals surface area (Å²) < 4.78 is 15.0. The van der Waals surface area contributed by atoms with E-state index < -0.39 is 30.4 Å². The van der Waals surface area contributed by atoms with Crippen molar-refractivity contribution in [2.75, 3.05) is 39.5 Å². The lowest BCUT2D eigenvalue weighted by molar-refractivity contribution is 0.0762. The van der Waals surface area contributed by atoms with Crippen LogP contribution in [0.1, 0.15) is 57.8 Å². The Morgan fingerprint density at radius 3 is 1.50 bits per heavy atom. The summed E-state index contributed by atoms with van der Waals surface area (Å²) in [5, 5.41) is 14.0. The largest absolute Gasteiger partial charge is 0.505 e. The molecule has 0 radical (unpaired) electrons. The van der Waals surface area contributed by atoms with Gasteiger partial charge in [-0.1, -0.05) is 19.3 Å². The topological polar surface area (TPSA) is 227 Å². The van der Waals surface area contributed by atoms with Gasteiger partial charge in [0.15, 0.2) is 0 Å². The number of hydrogen-bond acceptors (Lipinski definition) is 10. The normalized spacial score (nSPS) is 13.4. The number of nitrogens with one attached hydrogen (secondary N) is 2. The maximum absolute atomic E-state index is 12.2. The fourth-order valence-corrected chi connectivity index (χ4v) is 3.05. The molecule has 0 saturated carbocycles. The summed E-state index contributed by atoms with van der Waals surface area (Å²) in [5.74, 6) is 0. The number of alkyl carbamates (subject to hydrolysis) is 2. The molecule has 0 unspecified atom stereocenters. The predicted molar refractivity (Wildman–Crippen MR) is 127 cm³/mol. The maximum Gasteiger partial charge on any atom is 0.505 e. The highest BCUT2D eigenvalue weighted by molar-refractivity contribution is 5.69. The SMILES string of the molecule is NCCCC[C@H](N)COC(=O)N[C@@H](CCCCN)COC(=O)N[C@@H](CCCCN)COC(=O)O. The van der Waals surface area contributed by atoms with Gasteiger partial charge in [-0.15, -0.1) is 0 Å². The van der Waals surface area contributed by atoms with E-state index in [1.807, 2.05) is 0 Å². The molecule has 0 aliphatic heterocycles. The number of rotatable bonds is 20. The van der Waals surface area contributed by atoms with E-state index >= 15 is 0 Å². The third-order valence-corrected chi connectivity index (χ3v) is 4.94. The minimum absolute atomic E-state index is 0.0708. The summed E-state index contributed by atoms with van der Waals surface area (Å²) in [7, 11) is 0. The molecule has 200 valence electrons. The zero-order valence-electron chi connectivity index (χ0n) is 20.0. The Labute approximate surface area is 201 Å². The molecule has 0 spiro atoms. The molecule has 13 heteroatoms. The van der Waals surface area contributed by atoms with E-state index in [0.717, 1.165) is 32.1 Å². The molecule has 34 heavy (non-hydrogen) atoms. The van der Waals surface area contributed by atoms with Crippen molar-refractivity contribution in [2.45, 2.75) is 75.9 Å². The molecule has 0 aliphatic carbocycles. The number of ether oxygens (including phenoxy) is 3. The van der Waals surface area contributed by atoms with E-state index in [-0.39, 0.29) is 25.9 Å². The molecule has 0 fully saturated rings. The first-order valence-corrected chi connectivity index (χ1v) is 11.9. The second-order valence-corrected chi connectivity index (χ2v) is 8.07. The van der Waals surface area contributed by atoms with Crippen LogP contribution in [-0.4, -0.2) is 81.0 Å². The average Bonchev–Trinajstić information content (AvgIpc) is 2.79. The number of amides is 2. The van der Waals surface area contributed by atoms with Crippen LogP contribution >= 0.6 is 0 Å². The van der Waals surface area contributed by atoms with Crippen LogP contribution < -0.4 is 33.6 Å². The Kier molecular flexibility index (Phi) is 19.7. The standard InChI is InChI=1S/C21H44N6O7/c22-10-4-1-7-16(25)13-32-19(28)26-17(8-2-5-11-23)14-33-20(29)27-18(9-3-6-12-24)15-34-21(30)31/h16-18H,1-15,22-25H2,(H,26,28)(H,27,29)(H,30,31)/t16-,17-,18-/m0/s1. The van der Waals surface area contributed by atoms with Crippen molar-refractivity contribution in [2.24, 2.45) is 22.9 Å². The highest BCUT2D eigenvalue weighted by Crippen LogP contribution is 2.05. The van der Waals surface area contributed by atoms with Crippen LogP contribution in [0.25, 0.3) is 0 Å². The summed E-state index contributed by atoms with van der Waals surface area (Å²) in [6.45, 7) is 1.36. The van der Waals surface area contributed by atoms with E-state index in [1.54, 1.807) is 0 Å². The van der Waals surface area contributed by atoms with Gasteiger partial charge in [-0.05, 0) is 58.2 Å². The van der Waals surface area contributed by atoms with Crippen molar-refractivity contribution in [3.05, 3.63) is 0 Å². The summed E-state index contributed by atoms with van der Waals surface area (Å²) >= 11 is 0. The minimum atomic E-state index is -1.43. The first-order valence-electron chi connectivity index (χ1n) is 11.9. The van der Waals surface area contributed by atoms with Crippen LogP contribution in [0.5, 0.6) is 0 Å². The summed E-state index contributed by atoms with van der Waals surface area (Å²) in [6.07, 6.45) is 3.50. The number of hydrogen-bond donors (Lipinski definition) is 7. The molecule has 0 aromatic heterocycles. The predicted octanol–water partition coefficient (Wildman–Crippen LogP) is 0.585. The molecule has 0 rings (SSSR count). The Morgan fingerprint density at radius 2 is 1.06 bits per heavy atom. The number of carbonyl (C=O) groups excluding carboxylic acids is 2. The second-order valence-electron chi connectivity index (χ2n) is 8.07. The molecule has 0 aromatic carbocycles. The van der Waals surface area contributed by atoms with Crippen LogP contribution in [0.15, 0.2) is 0 Å². The minimum Gasteiger partial charge on any atom is -0.450 e. The second kappa shape index (κ2) is 21.2. The first-order chi connectivity index (χ1) is 16.3. The zero-order valence-corrected chi connectivity index (χ0v) is 20.0. The van der Waals surface area contributed by atoms with E-state index in [9.17, 15) is 14.4 Å². The fourth-order valence-electron chi connectivity index (χ4n) is 3.05. The van der Waals surface area contributed by atoms with Gasteiger partial charge in [0.1, 0.15) is 19.8 Å². The lowest BCUT2D eigenvalue weighted by Crippen LogP contribution is -2.43. The quantitative estimate of drug-likeness (QED) is 0.0706. The van der Waals surface area contributed by atoms with E-state index in [1.165, 1.54) is 0 Å². The summed E-state index contributed by atoms with van der Waals surface area (Å²) in [6, 6.07) is -1.31. The molecule has 0 aliphatic rings. The van der Waals surface area contributed by atoms with E-state index in [0.29, 0.717) is 45.3 Å². The molecule has 2 amide bonds. The van der Waals surface area contributed by atoms with Crippen molar-refractivity contribution in [3.8, 4) is 0 Å². The maximum atomic E-state index is 12.2. The van der Waals surface area contributed by atoms with Crippen molar-refractivity contribution in [1.82, 2.24) is 10.6 Å². The number of carboxylic acid groups (broad SMARTS) is 1. The van der Waals surface area contributed by atoms with Crippen molar-refractivity contribution in [1.29, 1.82) is 0 Å². The molecule has 13 nitrogen and oxygen atoms in total. The van der Waals surface area contributed by atoms with Gasteiger partial charge in [-0.2, -0.15) is 0 Å². The lowest BCUT2D eigenvalue weighted by atomic mass is 10.1. The summed E-state index contributed by atoms with van der Waals surface area (Å²) in [5.41, 5.74) is 22.4. The third kappa shape index (κ3) is 19.1. The van der Waals surface area contributed by atoms with Gasteiger partial charge >= 0.3 is 18.3 Å². The molecule has 11 N–H and O–H groups in total. The fraction of sp³-hybridized carbons (Fsp3) is 0.857. The third-order valence-electron chi connectivity index (χ3n) is 4.94. The van der Waals surface area contributed by atoms with E-state index in [4.69, 9.17) is 37.5 Å². The Hall–Kier alpha value is -2.35. The molecule has 0 aromatic rings. The Balaban J connectivity index is 4.61.